The maximum absolute atomic E-state index is 6.29. The van der Waals surface area contributed by atoms with Crippen molar-refractivity contribution in [2.24, 2.45) is 5.73 Å². The van der Waals surface area contributed by atoms with E-state index in [0.717, 1.165) is 13.1 Å². The monoisotopic (exact) mass is 247 g/mol. The molecular weight excluding hydrogens is 222 g/mol. The molecule has 3 heteroatoms. The quantitative estimate of drug-likeness (QED) is 0.878. The molecule has 0 amide bonds. The van der Waals surface area contributed by atoms with Crippen LogP contribution in [0.3, 0.4) is 0 Å². The van der Waals surface area contributed by atoms with Crippen molar-refractivity contribution in [3.63, 3.8) is 0 Å². The third kappa shape index (κ3) is 3.31. The van der Waals surface area contributed by atoms with Gasteiger partial charge in [0.2, 0.25) is 0 Å². The van der Waals surface area contributed by atoms with Gasteiger partial charge < -0.3 is 10.6 Å². The molecule has 0 bridgehead atoms. The minimum atomic E-state index is 0.131. The molecule has 100 valence electrons. The molecule has 18 heavy (non-hydrogen) atoms. The van der Waals surface area contributed by atoms with Crippen LogP contribution in [0.25, 0.3) is 0 Å². The Morgan fingerprint density at radius 2 is 2.00 bits per heavy atom. The van der Waals surface area contributed by atoms with Crippen molar-refractivity contribution < 1.29 is 0 Å². The molecule has 1 saturated heterocycles. The van der Waals surface area contributed by atoms with Crippen LogP contribution < -0.4 is 5.73 Å². The highest BCUT2D eigenvalue weighted by Crippen LogP contribution is 2.18. The van der Waals surface area contributed by atoms with Crippen LogP contribution >= 0.6 is 0 Å². The molecule has 3 nitrogen and oxygen atoms in total. The van der Waals surface area contributed by atoms with E-state index in [0.29, 0.717) is 6.04 Å². The zero-order chi connectivity index (χ0) is 13.1. The van der Waals surface area contributed by atoms with Crippen LogP contribution in [0.5, 0.6) is 0 Å². The molecule has 2 unspecified atom stereocenters. The summed E-state index contributed by atoms with van der Waals surface area (Å²) in [7, 11) is 4.32. The van der Waals surface area contributed by atoms with E-state index in [-0.39, 0.29) is 6.04 Å². The predicted molar refractivity (Wildman–Crippen MR) is 76.6 cm³/mol. The third-order valence-electron chi connectivity index (χ3n) is 3.94. The number of nitrogens with zero attached hydrogens (tertiary/aromatic N) is 2. The minimum absolute atomic E-state index is 0.131. The van der Waals surface area contributed by atoms with Gasteiger partial charge in [0.05, 0.1) is 0 Å². The van der Waals surface area contributed by atoms with Gasteiger partial charge >= 0.3 is 0 Å². The standard InChI is InChI=1S/C15H25N3/c1-12-4-6-13(7-5-12)15(16)11-18-9-8-14(10-18)17(2)3/h4-7,14-15H,8-11,16H2,1-3H3. The smallest absolute Gasteiger partial charge is 0.0424 e. The van der Waals surface area contributed by atoms with E-state index in [4.69, 9.17) is 5.73 Å². The summed E-state index contributed by atoms with van der Waals surface area (Å²) in [5.74, 6) is 0. The van der Waals surface area contributed by atoms with E-state index in [1.165, 1.54) is 24.1 Å². The van der Waals surface area contributed by atoms with Crippen molar-refractivity contribution in [1.29, 1.82) is 0 Å². The van der Waals surface area contributed by atoms with Gasteiger partial charge in [-0.15, -0.1) is 0 Å². The van der Waals surface area contributed by atoms with Crippen molar-refractivity contribution >= 4 is 0 Å². The summed E-state index contributed by atoms with van der Waals surface area (Å²) < 4.78 is 0. The molecule has 2 N–H and O–H groups in total. The molecule has 0 aromatic heterocycles. The maximum Gasteiger partial charge on any atom is 0.0424 e. The molecule has 1 aromatic rings. The highest BCUT2D eigenvalue weighted by Gasteiger charge is 2.25. The topological polar surface area (TPSA) is 32.5 Å². The first-order valence-electron chi connectivity index (χ1n) is 6.77. The molecular formula is C15H25N3. The van der Waals surface area contributed by atoms with Gasteiger partial charge in [0, 0.05) is 25.2 Å². The summed E-state index contributed by atoms with van der Waals surface area (Å²) in [6, 6.07) is 9.41. The van der Waals surface area contributed by atoms with E-state index < -0.39 is 0 Å². The van der Waals surface area contributed by atoms with Crippen LogP contribution in [0.2, 0.25) is 0 Å². The van der Waals surface area contributed by atoms with E-state index in [1.807, 2.05) is 0 Å². The molecule has 2 rings (SSSR count). The van der Waals surface area contributed by atoms with E-state index in [9.17, 15) is 0 Å². The number of aryl methyl sites for hydroxylation is 1. The van der Waals surface area contributed by atoms with Crippen LogP contribution in [0.1, 0.15) is 23.6 Å². The molecule has 0 spiro atoms. The van der Waals surface area contributed by atoms with Crippen LogP contribution in [0, 0.1) is 6.92 Å². The fourth-order valence-electron chi connectivity index (χ4n) is 2.60. The second kappa shape index (κ2) is 5.83. The van der Waals surface area contributed by atoms with Crippen molar-refractivity contribution in [3.05, 3.63) is 35.4 Å². The zero-order valence-corrected chi connectivity index (χ0v) is 11.8. The Morgan fingerprint density at radius 1 is 1.33 bits per heavy atom. The summed E-state index contributed by atoms with van der Waals surface area (Å²) in [4.78, 5) is 4.80. The Morgan fingerprint density at radius 3 is 2.56 bits per heavy atom. The van der Waals surface area contributed by atoms with Crippen LogP contribution in [-0.2, 0) is 0 Å². The molecule has 2 atom stereocenters. The number of rotatable bonds is 4. The first-order valence-corrected chi connectivity index (χ1v) is 6.77. The average Bonchev–Trinajstić information content (AvgIpc) is 2.78. The molecule has 1 heterocycles. The van der Waals surface area contributed by atoms with Gasteiger partial charge in [-0.25, -0.2) is 0 Å². The zero-order valence-electron chi connectivity index (χ0n) is 11.8. The summed E-state index contributed by atoms with van der Waals surface area (Å²) in [6.45, 7) is 5.39. The molecule has 1 fully saturated rings. The van der Waals surface area contributed by atoms with Gasteiger partial charge in [0.15, 0.2) is 0 Å². The lowest BCUT2D eigenvalue weighted by molar-refractivity contribution is 0.260. The van der Waals surface area contributed by atoms with Crippen LogP contribution in [-0.4, -0.2) is 49.6 Å². The van der Waals surface area contributed by atoms with Gasteiger partial charge in [-0.2, -0.15) is 0 Å². The fraction of sp³-hybridized carbons (Fsp3) is 0.600. The van der Waals surface area contributed by atoms with Crippen molar-refractivity contribution in [1.82, 2.24) is 9.80 Å². The number of nitrogens with two attached hydrogens (primary N) is 1. The van der Waals surface area contributed by atoms with E-state index >= 15 is 0 Å². The third-order valence-corrected chi connectivity index (χ3v) is 3.94. The Kier molecular flexibility index (Phi) is 4.38. The Bertz CT molecular complexity index is 372. The van der Waals surface area contributed by atoms with E-state index in [1.54, 1.807) is 0 Å². The SMILES string of the molecule is Cc1ccc(C(N)CN2CCC(N(C)C)C2)cc1. The van der Waals surface area contributed by atoms with E-state index in [2.05, 4.69) is 55.1 Å². The van der Waals surface area contributed by atoms with Gasteiger partial charge in [0.1, 0.15) is 0 Å². The van der Waals surface area contributed by atoms with Gasteiger partial charge in [-0.1, -0.05) is 29.8 Å². The fourth-order valence-corrected chi connectivity index (χ4v) is 2.60. The summed E-state index contributed by atoms with van der Waals surface area (Å²) >= 11 is 0. The number of hydrogen-bond acceptors (Lipinski definition) is 3. The molecule has 0 saturated carbocycles. The van der Waals surface area contributed by atoms with Gasteiger partial charge in [-0.3, -0.25) is 4.90 Å². The van der Waals surface area contributed by atoms with Crippen molar-refractivity contribution in [2.45, 2.75) is 25.4 Å². The van der Waals surface area contributed by atoms with Gasteiger partial charge in [-0.05, 0) is 39.5 Å². The first-order chi connectivity index (χ1) is 8.56. The largest absolute Gasteiger partial charge is 0.323 e. The molecule has 0 radical (unpaired) electrons. The lowest BCUT2D eigenvalue weighted by Crippen LogP contribution is -2.34. The van der Waals surface area contributed by atoms with Crippen LogP contribution in [0.4, 0.5) is 0 Å². The minimum Gasteiger partial charge on any atom is -0.323 e. The van der Waals surface area contributed by atoms with Gasteiger partial charge in [0.25, 0.3) is 0 Å². The summed E-state index contributed by atoms with van der Waals surface area (Å²) in [5.41, 5.74) is 8.83. The predicted octanol–water partition coefficient (Wildman–Crippen LogP) is 1.63. The van der Waals surface area contributed by atoms with Crippen molar-refractivity contribution in [2.75, 3.05) is 33.7 Å². The number of likely N-dealkylation sites (N-methyl/N-ethyl adjacent to an activating group) is 1. The van der Waals surface area contributed by atoms with Crippen LogP contribution in [0.15, 0.2) is 24.3 Å². The highest BCUT2D eigenvalue weighted by molar-refractivity contribution is 5.24. The average molecular weight is 247 g/mol. The number of hydrogen-bond donors (Lipinski definition) is 1. The first kappa shape index (κ1) is 13.5. The Labute approximate surface area is 111 Å². The lowest BCUT2D eigenvalue weighted by atomic mass is 10.1. The molecule has 1 aliphatic rings. The highest BCUT2D eigenvalue weighted by atomic mass is 15.2. The Balaban J connectivity index is 1.88. The normalized spacial score (nSPS) is 22.6. The molecule has 1 aromatic carbocycles. The lowest BCUT2D eigenvalue weighted by Gasteiger charge is -2.23. The summed E-state index contributed by atoms with van der Waals surface area (Å²) in [6.07, 6.45) is 1.26. The van der Waals surface area contributed by atoms with Crippen molar-refractivity contribution in [3.8, 4) is 0 Å². The molecule has 0 aliphatic carbocycles. The Hall–Kier alpha value is -0.900. The number of benzene rings is 1. The second-order valence-corrected chi connectivity index (χ2v) is 5.68. The second-order valence-electron chi connectivity index (χ2n) is 5.68. The maximum atomic E-state index is 6.29. The molecule has 1 aliphatic heterocycles. The number of likely N-dealkylation sites (tertiary alicyclic amines) is 1. The summed E-state index contributed by atoms with van der Waals surface area (Å²) in [5, 5.41) is 0.